The highest BCUT2D eigenvalue weighted by Gasteiger charge is 2.24. The Balaban J connectivity index is 1.43. The lowest BCUT2D eigenvalue weighted by atomic mass is 10.2. The van der Waals surface area contributed by atoms with Gasteiger partial charge in [0, 0.05) is 31.9 Å². The Morgan fingerprint density at radius 2 is 1.81 bits per heavy atom. The zero-order valence-corrected chi connectivity index (χ0v) is 16.9. The summed E-state index contributed by atoms with van der Waals surface area (Å²) < 4.78 is 1.03. The van der Waals surface area contributed by atoms with Crippen LogP contribution < -0.4 is 10.2 Å². The number of carbonyl (C=O) groups is 1. The summed E-state index contributed by atoms with van der Waals surface area (Å²) in [6, 6.07) is 11.7. The minimum atomic E-state index is -0.0489. The first-order valence-corrected chi connectivity index (χ1v) is 10.1. The van der Waals surface area contributed by atoms with Crippen LogP contribution >= 0.6 is 22.9 Å². The van der Waals surface area contributed by atoms with E-state index < -0.39 is 0 Å². The molecule has 2 amide bonds. The van der Waals surface area contributed by atoms with E-state index in [4.69, 9.17) is 16.6 Å². The molecule has 5 nitrogen and oxygen atoms in total. The lowest BCUT2D eigenvalue weighted by Gasteiger charge is -2.34. The predicted octanol–water partition coefficient (Wildman–Crippen LogP) is 4.92. The Bertz CT molecular complexity index is 956. The SMILES string of the molecule is Cc1ccccc1NC(=O)N1CCN(c2nc3c(C)ccc(Cl)c3s2)CC1. The number of thiazole rings is 1. The minimum absolute atomic E-state index is 0.0489. The molecule has 3 aromatic rings. The summed E-state index contributed by atoms with van der Waals surface area (Å²) in [4.78, 5) is 21.4. The summed E-state index contributed by atoms with van der Waals surface area (Å²) in [5.41, 5.74) is 4.03. The van der Waals surface area contributed by atoms with Gasteiger partial charge in [0.25, 0.3) is 0 Å². The Hall–Kier alpha value is -2.31. The Labute approximate surface area is 167 Å². The smallest absolute Gasteiger partial charge is 0.321 e. The maximum Gasteiger partial charge on any atom is 0.321 e. The molecule has 4 rings (SSSR count). The number of hydrogen-bond donors (Lipinski definition) is 1. The number of aromatic nitrogens is 1. The minimum Gasteiger partial charge on any atom is -0.345 e. The number of benzene rings is 2. The molecule has 0 saturated carbocycles. The van der Waals surface area contributed by atoms with Crippen molar-refractivity contribution < 1.29 is 4.79 Å². The summed E-state index contributed by atoms with van der Waals surface area (Å²) in [7, 11) is 0. The summed E-state index contributed by atoms with van der Waals surface area (Å²) in [6.07, 6.45) is 0. The van der Waals surface area contributed by atoms with E-state index in [-0.39, 0.29) is 6.03 Å². The second-order valence-electron chi connectivity index (χ2n) is 6.76. The number of carbonyl (C=O) groups excluding carboxylic acids is 1. The van der Waals surface area contributed by atoms with E-state index >= 15 is 0 Å². The third-order valence-electron chi connectivity index (χ3n) is 4.91. The van der Waals surface area contributed by atoms with E-state index in [9.17, 15) is 4.79 Å². The van der Waals surface area contributed by atoms with Crippen LogP contribution in [0.1, 0.15) is 11.1 Å². The fourth-order valence-corrected chi connectivity index (χ4v) is 4.60. The molecular formula is C20H21ClN4OS. The quantitative estimate of drug-likeness (QED) is 0.664. The first kappa shape index (κ1) is 18.1. The van der Waals surface area contributed by atoms with Gasteiger partial charge in [-0.25, -0.2) is 9.78 Å². The maximum absolute atomic E-state index is 12.6. The number of piperazine rings is 1. The van der Waals surface area contributed by atoms with Gasteiger partial charge in [-0.3, -0.25) is 0 Å². The summed E-state index contributed by atoms with van der Waals surface area (Å²) in [5, 5.41) is 4.73. The average Bonchev–Trinajstić information content (AvgIpc) is 3.13. The molecule has 2 heterocycles. The van der Waals surface area contributed by atoms with Crippen LogP contribution in [0.5, 0.6) is 0 Å². The number of rotatable bonds is 2. The van der Waals surface area contributed by atoms with E-state index in [0.717, 1.165) is 50.3 Å². The van der Waals surface area contributed by atoms with Crippen molar-refractivity contribution in [1.82, 2.24) is 9.88 Å². The third kappa shape index (κ3) is 3.59. The first-order valence-electron chi connectivity index (χ1n) is 8.95. The summed E-state index contributed by atoms with van der Waals surface area (Å²) >= 11 is 7.95. The molecule has 1 saturated heterocycles. The molecule has 0 radical (unpaired) electrons. The molecule has 0 bridgehead atoms. The molecule has 1 aliphatic rings. The Morgan fingerprint density at radius 1 is 1.07 bits per heavy atom. The number of para-hydroxylation sites is 1. The molecule has 1 aromatic heterocycles. The standard InChI is InChI=1S/C20H21ClN4OS/c1-13-5-3-4-6-16(13)22-19(26)24-9-11-25(12-10-24)20-23-17-14(2)7-8-15(21)18(17)27-20/h3-8H,9-12H2,1-2H3,(H,22,26). The normalized spacial score (nSPS) is 14.6. The topological polar surface area (TPSA) is 48.5 Å². The molecule has 0 atom stereocenters. The summed E-state index contributed by atoms with van der Waals surface area (Å²) in [5.74, 6) is 0. The van der Waals surface area contributed by atoms with E-state index in [1.165, 1.54) is 0 Å². The van der Waals surface area contributed by atoms with Crippen molar-refractivity contribution in [2.75, 3.05) is 36.4 Å². The van der Waals surface area contributed by atoms with E-state index in [1.807, 2.05) is 48.2 Å². The van der Waals surface area contributed by atoms with Crippen LogP contribution in [0.4, 0.5) is 15.6 Å². The van der Waals surface area contributed by atoms with Crippen molar-refractivity contribution in [2.45, 2.75) is 13.8 Å². The molecule has 1 N–H and O–H groups in total. The van der Waals surface area contributed by atoms with Crippen molar-refractivity contribution in [3.05, 3.63) is 52.5 Å². The van der Waals surface area contributed by atoms with E-state index in [0.29, 0.717) is 13.1 Å². The van der Waals surface area contributed by atoms with Crippen LogP contribution in [0.2, 0.25) is 5.02 Å². The maximum atomic E-state index is 12.6. The van der Waals surface area contributed by atoms with Gasteiger partial charge in [0.2, 0.25) is 0 Å². The molecule has 1 fully saturated rings. The Kier molecular flexibility index (Phi) is 4.93. The highest BCUT2D eigenvalue weighted by atomic mass is 35.5. The van der Waals surface area contributed by atoms with Crippen molar-refractivity contribution in [3.8, 4) is 0 Å². The molecule has 27 heavy (non-hydrogen) atoms. The van der Waals surface area contributed by atoms with Crippen molar-refractivity contribution in [2.24, 2.45) is 0 Å². The first-order chi connectivity index (χ1) is 13.0. The number of urea groups is 1. The van der Waals surface area contributed by atoms with Gasteiger partial charge in [0.1, 0.15) is 0 Å². The molecule has 0 aliphatic carbocycles. The van der Waals surface area contributed by atoms with Gasteiger partial charge in [-0.05, 0) is 37.1 Å². The number of fused-ring (bicyclic) bond motifs is 1. The van der Waals surface area contributed by atoms with E-state index in [1.54, 1.807) is 11.3 Å². The molecule has 0 unspecified atom stereocenters. The molecule has 140 valence electrons. The van der Waals surface area contributed by atoms with Gasteiger partial charge in [0.05, 0.1) is 15.2 Å². The monoisotopic (exact) mass is 400 g/mol. The van der Waals surface area contributed by atoms with Gasteiger partial charge in [-0.15, -0.1) is 0 Å². The molecule has 1 aliphatic heterocycles. The second-order valence-corrected chi connectivity index (χ2v) is 8.14. The molecular weight excluding hydrogens is 380 g/mol. The van der Waals surface area contributed by atoms with Gasteiger partial charge in [-0.1, -0.05) is 47.2 Å². The fraction of sp³-hybridized carbons (Fsp3) is 0.300. The number of aryl methyl sites for hydroxylation is 2. The molecule has 7 heteroatoms. The number of hydrogen-bond acceptors (Lipinski definition) is 4. The zero-order valence-electron chi connectivity index (χ0n) is 15.3. The highest BCUT2D eigenvalue weighted by Crippen LogP contribution is 2.35. The number of anilines is 2. The van der Waals surface area contributed by atoms with Crippen LogP contribution in [-0.4, -0.2) is 42.1 Å². The predicted molar refractivity (Wildman–Crippen MR) is 113 cm³/mol. The lowest BCUT2D eigenvalue weighted by Crippen LogP contribution is -2.50. The van der Waals surface area contributed by atoms with Crippen molar-refractivity contribution in [3.63, 3.8) is 0 Å². The second kappa shape index (κ2) is 7.37. The van der Waals surface area contributed by atoms with Crippen LogP contribution in [0, 0.1) is 13.8 Å². The molecule has 0 spiro atoms. The zero-order chi connectivity index (χ0) is 19.0. The number of nitrogens with zero attached hydrogens (tertiary/aromatic N) is 3. The highest BCUT2D eigenvalue weighted by molar-refractivity contribution is 7.22. The van der Waals surface area contributed by atoms with Crippen LogP contribution in [0.25, 0.3) is 10.2 Å². The fourth-order valence-electron chi connectivity index (χ4n) is 3.23. The van der Waals surface area contributed by atoms with E-state index in [2.05, 4.69) is 17.1 Å². The van der Waals surface area contributed by atoms with Gasteiger partial charge in [-0.2, -0.15) is 0 Å². The Morgan fingerprint density at radius 3 is 2.52 bits per heavy atom. The molecule has 2 aromatic carbocycles. The van der Waals surface area contributed by atoms with Crippen LogP contribution in [0.3, 0.4) is 0 Å². The summed E-state index contributed by atoms with van der Waals surface area (Å²) in [6.45, 7) is 6.90. The van der Waals surface area contributed by atoms with Crippen molar-refractivity contribution >= 4 is 50.0 Å². The van der Waals surface area contributed by atoms with Crippen LogP contribution in [-0.2, 0) is 0 Å². The average molecular weight is 401 g/mol. The third-order valence-corrected chi connectivity index (χ3v) is 6.49. The van der Waals surface area contributed by atoms with Crippen LogP contribution in [0.15, 0.2) is 36.4 Å². The van der Waals surface area contributed by atoms with Crippen molar-refractivity contribution in [1.29, 1.82) is 0 Å². The lowest BCUT2D eigenvalue weighted by molar-refractivity contribution is 0.208. The van der Waals surface area contributed by atoms with Gasteiger partial charge >= 0.3 is 6.03 Å². The van der Waals surface area contributed by atoms with Gasteiger partial charge in [0.15, 0.2) is 5.13 Å². The van der Waals surface area contributed by atoms with Gasteiger partial charge < -0.3 is 15.1 Å². The number of nitrogens with one attached hydrogen (secondary N) is 1. The number of amides is 2. The largest absolute Gasteiger partial charge is 0.345 e. The number of halogens is 1.